The number of halogens is 1. The molecule has 3 aromatic rings. The lowest BCUT2D eigenvalue weighted by molar-refractivity contribution is -0.120. The zero-order valence-corrected chi connectivity index (χ0v) is 13.0. The number of rotatable bonds is 4. The van der Waals surface area contributed by atoms with Crippen LogP contribution in [0.4, 0.5) is 4.39 Å². The van der Waals surface area contributed by atoms with Gasteiger partial charge in [0, 0.05) is 11.9 Å². The summed E-state index contributed by atoms with van der Waals surface area (Å²) in [6, 6.07) is 9.96. The van der Waals surface area contributed by atoms with E-state index in [1.807, 2.05) is 26.0 Å². The van der Waals surface area contributed by atoms with Crippen LogP contribution < -0.4 is 5.32 Å². The van der Waals surface area contributed by atoms with E-state index in [4.69, 9.17) is 4.52 Å². The fourth-order valence-corrected chi connectivity index (χ4v) is 2.39. The van der Waals surface area contributed by atoms with E-state index < -0.39 is 0 Å². The Morgan fingerprint density at radius 3 is 2.61 bits per heavy atom. The van der Waals surface area contributed by atoms with Gasteiger partial charge in [-0.2, -0.15) is 0 Å². The smallest absolute Gasteiger partial charge is 0.226 e. The molecule has 3 rings (SSSR count). The molecule has 0 spiro atoms. The highest BCUT2D eigenvalue weighted by molar-refractivity contribution is 5.87. The number of hydrogen-bond donors (Lipinski definition) is 1. The summed E-state index contributed by atoms with van der Waals surface area (Å²) in [5.74, 6) is -0.442. The maximum absolute atomic E-state index is 12.8. The Bertz CT molecular complexity index is 853. The molecule has 1 N–H and O–H groups in total. The Hall–Kier alpha value is -2.69. The number of aromatic nitrogens is 1. The summed E-state index contributed by atoms with van der Waals surface area (Å²) in [6.07, 6.45) is 0.149. The van der Waals surface area contributed by atoms with Gasteiger partial charge >= 0.3 is 0 Å². The number of carbonyl (C=O) groups is 1. The molecule has 0 bridgehead atoms. The van der Waals surface area contributed by atoms with Crippen molar-refractivity contribution < 1.29 is 13.7 Å². The molecule has 1 aromatic heterocycles. The molecule has 0 atom stereocenters. The van der Waals surface area contributed by atoms with E-state index in [-0.39, 0.29) is 18.1 Å². The van der Waals surface area contributed by atoms with Crippen LogP contribution in [0.25, 0.3) is 11.0 Å². The van der Waals surface area contributed by atoms with Gasteiger partial charge < -0.3 is 9.84 Å². The first-order valence-electron chi connectivity index (χ1n) is 7.39. The summed E-state index contributed by atoms with van der Waals surface area (Å²) in [6.45, 7) is 4.37. The van der Waals surface area contributed by atoms with Gasteiger partial charge in [0.05, 0.1) is 6.42 Å². The molecule has 118 valence electrons. The van der Waals surface area contributed by atoms with Crippen LogP contribution in [0.3, 0.4) is 0 Å². The maximum atomic E-state index is 12.8. The van der Waals surface area contributed by atoms with E-state index in [9.17, 15) is 9.18 Å². The zero-order valence-electron chi connectivity index (χ0n) is 13.0. The minimum atomic E-state index is -0.292. The van der Waals surface area contributed by atoms with Crippen molar-refractivity contribution in [3.63, 3.8) is 0 Å². The number of benzene rings is 2. The summed E-state index contributed by atoms with van der Waals surface area (Å²) >= 11 is 0. The average molecular weight is 312 g/mol. The van der Waals surface area contributed by atoms with Crippen molar-refractivity contribution >= 4 is 16.9 Å². The van der Waals surface area contributed by atoms with E-state index >= 15 is 0 Å². The summed E-state index contributed by atoms with van der Waals surface area (Å²) in [5.41, 5.74) is 4.42. The van der Waals surface area contributed by atoms with Crippen LogP contribution in [0, 0.1) is 19.7 Å². The van der Waals surface area contributed by atoms with Crippen LogP contribution in [0.2, 0.25) is 0 Å². The molecule has 1 heterocycles. The van der Waals surface area contributed by atoms with Gasteiger partial charge in [-0.3, -0.25) is 4.79 Å². The average Bonchev–Trinajstić information content (AvgIpc) is 2.89. The van der Waals surface area contributed by atoms with E-state index in [2.05, 4.69) is 10.5 Å². The Morgan fingerprint density at radius 2 is 1.87 bits per heavy atom. The number of carbonyl (C=O) groups excluding carboxylic acids is 1. The van der Waals surface area contributed by atoms with Crippen molar-refractivity contribution in [3.8, 4) is 0 Å². The Morgan fingerprint density at radius 1 is 1.17 bits per heavy atom. The molecule has 4 nitrogen and oxygen atoms in total. The molecule has 5 heteroatoms. The monoisotopic (exact) mass is 312 g/mol. The fraction of sp³-hybridized carbons (Fsp3) is 0.222. The summed E-state index contributed by atoms with van der Waals surface area (Å²) < 4.78 is 18.1. The van der Waals surface area contributed by atoms with Gasteiger partial charge in [0.2, 0.25) is 5.91 Å². The van der Waals surface area contributed by atoms with Crippen LogP contribution in [0.15, 0.2) is 40.9 Å². The quantitative estimate of drug-likeness (QED) is 0.803. The molecule has 0 unspecified atom stereocenters. The number of nitrogens with zero attached hydrogens (tertiary/aromatic N) is 1. The van der Waals surface area contributed by atoms with Gasteiger partial charge in [0.15, 0.2) is 5.58 Å². The first-order valence-corrected chi connectivity index (χ1v) is 7.39. The van der Waals surface area contributed by atoms with Crippen LogP contribution >= 0.6 is 0 Å². The maximum Gasteiger partial charge on any atom is 0.226 e. The second-order valence-electron chi connectivity index (χ2n) is 5.64. The van der Waals surface area contributed by atoms with Crippen LogP contribution in [0.5, 0.6) is 0 Å². The highest BCUT2D eigenvalue weighted by Crippen LogP contribution is 2.22. The molecule has 0 radical (unpaired) electrons. The SMILES string of the molecule is Cc1cc2onc(CC(=O)NCc3ccc(F)cc3)c2cc1C. The molecule has 0 aliphatic heterocycles. The number of hydrogen-bond acceptors (Lipinski definition) is 3. The van der Waals surface area contributed by atoms with Crippen molar-refractivity contribution in [2.45, 2.75) is 26.8 Å². The van der Waals surface area contributed by atoms with Crippen LogP contribution in [-0.2, 0) is 17.8 Å². The minimum Gasteiger partial charge on any atom is -0.356 e. The van der Waals surface area contributed by atoms with Gasteiger partial charge in [-0.1, -0.05) is 17.3 Å². The van der Waals surface area contributed by atoms with Crippen molar-refractivity contribution in [3.05, 3.63) is 64.6 Å². The van der Waals surface area contributed by atoms with Gasteiger partial charge in [0.1, 0.15) is 11.5 Å². The predicted molar refractivity (Wildman–Crippen MR) is 85.4 cm³/mol. The largest absolute Gasteiger partial charge is 0.356 e. The lowest BCUT2D eigenvalue weighted by atomic mass is 10.1. The molecule has 2 aromatic carbocycles. The van der Waals surface area contributed by atoms with Crippen LogP contribution in [-0.4, -0.2) is 11.1 Å². The Balaban J connectivity index is 1.68. The number of fused-ring (bicyclic) bond motifs is 1. The fourth-order valence-electron chi connectivity index (χ4n) is 2.39. The normalized spacial score (nSPS) is 10.9. The van der Waals surface area contributed by atoms with E-state index in [0.717, 1.165) is 22.1 Å². The van der Waals surface area contributed by atoms with E-state index in [0.29, 0.717) is 17.8 Å². The second-order valence-corrected chi connectivity index (χ2v) is 5.64. The predicted octanol–water partition coefficient (Wildman–Crippen LogP) is 3.44. The van der Waals surface area contributed by atoms with Crippen molar-refractivity contribution in [1.29, 1.82) is 0 Å². The van der Waals surface area contributed by atoms with Gasteiger partial charge in [-0.25, -0.2) is 4.39 Å². The molecular formula is C18H17FN2O2. The first kappa shape index (κ1) is 15.2. The number of aryl methyl sites for hydroxylation is 2. The van der Waals surface area contributed by atoms with Gasteiger partial charge in [-0.05, 0) is 54.8 Å². The van der Waals surface area contributed by atoms with Crippen molar-refractivity contribution in [2.24, 2.45) is 0 Å². The molecular weight excluding hydrogens is 295 g/mol. The number of nitrogens with one attached hydrogen (secondary N) is 1. The topological polar surface area (TPSA) is 55.1 Å². The van der Waals surface area contributed by atoms with Crippen molar-refractivity contribution in [1.82, 2.24) is 10.5 Å². The third kappa shape index (κ3) is 3.39. The molecule has 0 fully saturated rings. The van der Waals surface area contributed by atoms with E-state index in [1.165, 1.54) is 12.1 Å². The van der Waals surface area contributed by atoms with Gasteiger partial charge in [-0.15, -0.1) is 0 Å². The third-order valence-corrected chi connectivity index (χ3v) is 3.89. The lowest BCUT2D eigenvalue weighted by Crippen LogP contribution is -2.24. The highest BCUT2D eigenvalue weighted by Gasteiger charge is 2.13. The second kappa shape index (κ2) is 6.20. The third-order valence-electron chi connectivity index (χ3n) is 3.89. The van der Waals surface area contributed by atoms with Gasteiger partial charge in [0.25, 0.3) is 0 Å². The molecule has 1 amide bonds. The standard InChI is InChI=1S/C18H17FN2O2/c1-11-7-15-16(21-23-17(15)8-12(11)2)9-18(22)20-10-13-3-5-14(19)6-4-13/h3-8H,9-10H2,1-2H3,(H,20,22). The Labute approximate surface area is 133 Å². The first-order chi connectivity index (χ1) is 11.0. The summed E-state index contributed by atoms with van der Waals surface area (Å²) in [5, 5.41) is 7.67. The van der Waals surface area contributed by atoms with E-state index in [1.54, 1.807) is 12.1 Å². The highest BCUT2D eigenvalue weighted by atomic mass is 19.1. The molecule has 0 saturated carbocycles. The molecule has 0 saturated heterocycles. The zero-order chi connectivity index (χ0) is 16.4. The summed E-state index contributed by atoms with van der Waals surface area (Å²) in [7, 11) is 0. The lowest BCUT2D eigenvalue weighted by Gasteiger charge is -2.04. The van der Waals surface area contributed by atoms with Crippen molar-refractivity contribution in [2.75, 3.05) is 0 Å². The minimum absolute atomic E-state index is 0.149. The molecule has 23 heavy (non-hydrogen) atoms. The van der Waals surface area contributed by atoms with Crippen LogP contribution in [0.1, 0.15) is 22.4 Å². The summed E-state index contributed by atoms with van der Waals surface area (Å²) in [4.78, 5) is 12.1. The number of amides is 1. The Kier molecular flexibility index (Phi) is 4.10. The molecule has 0 aliphatic rings. The molecule has 0 aliphatic carbocycles.